The van der Waals surface area contributed by atoms with E-state index in [1.807, 2.05) is 0 Å². The molecule has 0 bridgehead atoms. The lowest BCUT2D eigenvalue weighted by Gasteiger charge is -1.90. The minimum Gasteiger partial charge on any atom is -0.259 e. The van der Waals surface area contributed by atoms with Crippen molar-refractivity contribution >= 4 is 15.9 Å². The van der Waals surface area contributed by atoms with Gasteiger partial charge in [-0.15, -0.1) is 0 Å². The third-order valence-corrected chi connectivity index (χ3v) is 1.75. The van der Waals surface area contributed by atoms with Crippen LogP contribution in [-0.2, 0) is 0 Å². The van der Waals surface area contributed by atoms with Crippen LogP contribution < -0.4 is 0 Å². The predicted octanol–water partition coefficient (Wildman–Crippen LogP) is 2.39. The topological polar surface area (TPSA) is 43.1 Å². The molecule has 0 atom stereocenters. The van der Waals surface area contributed by atoms with Gasteiger partial charge in [-0.3, -0.25) is 10.1 Å². The van der Waals surface area contributed by atoms with Gasteiger partial charge in [0.2, 0.25) is 0 Å². The number of rotatable bonds is 1. The largest absolute Gasteiger partial charge is 0.259 e. The monoisotopic (exact) mass is 215 g/mol. The number of allylic oxidation sites excluding steroid dienone is 5. The van der Waals surface area contributed by atoms with Gasteiger partial charge in [-0.2, -0.15) is 0 Å². The first-order valence-electron chi connectivity index (χ1n) is 3.07. The molecule has 1 aliphatic rings. The fraction of sp³-hybridized carbons (Fsp3) is 0.143. The minimum atomic E-state index is -0.370. The van der Waals surface area contributed by atoms with Gasteiger partial charge >= 0.3 is 0 Å². The smallest absolute Gasteiger partial charge is 0.251 e. The van der Waals surface area contributed by atoms with Crippen LogP contribution in [-0.4, -0.2) is 4.92 Å². The molecule has 0 saturated heterocycles. The molecule has 0 unspecified atom stereocenters. The van der Waals surface area contributed by atoms with Gasteiger partial charge in [0.15, 0.2) is 0 Å². The summed E-state index contributed by atoms with van der Waals surface area (Å²) in [5.74, 6) is 0. The second-order valence-corrected chi connectivity index (χ2v) is 2.99. The molecule has 3 nitrogen and oxygen atoms in total. The van der Waals surface area contributed by atoms with Crippen molar-refractivity contribution in [3.05, 3.63) is 44.6 Å². The van der Waals surface area contributed by atoms with E-state index >= 15 is 0 Å². The molecular weight excluding hydrogens is 210 g/mol. The lowest BCUT2D eigenvalue weighted by molar-refractivity contribution is -0.426. The van der Waals surface area contributed by atoms with Gasteiger partial charge in [-0.1, -0.05) is 28.1 Å². The quantitative estimate of drug-likeness (QED) is 0.498. The van der Waals surface area contributed by atoms with Crippen LogP contribution in [0.4, 0.5) is 0 Å². The van der Waals surface area contributed by atoms with Gasteiger partial charge in [0, 0.05) is 10.6 Å². The molecule has 0 spiro atoms. The number of nitro groups is 1. The van der Waals surface area contributed by atoms with Crippen LogP contribution >= 0.6 is 15.9 Å². The Morgan fingerprint density at radius 3 is 3.00 bits per heavy atom. The maximum atomic E-state index is 10.3. The first-order valence-corrected chi connectivity index (χ1v) is 3.87. The molecule has 11 heavy (non-hydrogen) atoms. The van der Waals surface area contributed by atoms with Crippen molar-refractivity contribution in [3.8, 4) is 0 Å². The van der Waals surface area contributed by atoms with Crippen LogP contribution in [0.1, 0.15) is 6.42 Å². The minimum absolute atomic E-state index is 0.210. The summed E-state index contributed by atoms with van der Waals surface area (Å²) in [6, 6.07) is 0. The van der Waals surface area contributed by atoms with E-state index in [4.69, 9.17) is 0 Å². The highest BCUT2D eigenvalue weighted by Crippen LogP contribution is 2.16. The van der Waals surface area contributed by atoms with E-state index in [0.717, 1.165) is 4.48 Å². The van der Waals surface area contributed by atoms with Crippen molar-refractivity contribution in [3.63, 3.8) is 0 Å². The molecule has 4 heteroatoms. The summed E-state index contributed by atoms with van der Waals surface area (Å²) >= 11 is 3.18. The number of hydrogen-bond acceptors (Lipinski definition) is 2. The Hall–Kier alpha value is -0.900. The van der Waals surface area contributed by atoms with E-state index in [2.05, 4.69) is 15.9 Å². The average Bonchev–Trinajstić information content (AvgIpc) is 2.13. The third kappa shape index (κ3) is 2.31. The molecule has 58 valence electrons. The zero-order valence-electron chi connectivity index (χ0n) is 5.66. The predicted molar refractivity (Wildman–Crippen MR) is 45.8 cm³/mol. The van der Waals surface area contributed by atoms with Crippen LogP contribution in [0, 0.1) is 10.1 Å². The lowest BCUT2D eigenvalue weighted by Crippen LogP contribution is -1.96. The van der Waals surface area contributed by atoms with Crippen LogP contribution in [0.25, 0.3) is 0 Å². The van der Waals surface area contributed by atoms with Crippen molar-refractivity contribution in [1.82, 2.24) is 0 Å². The normalized spacial score (nSPS) is 16.8. The molecule has 0 heterocycles. The average molecular weight is 216 g/mol. The molecule has 0 fully saturated rings. The summed E-state index contributed by atoms with van der Waals surface area (Å²) < 4.78 is 0.734. The molecule has 0 amide bonds. The molecule has 1 aliphatic carbocycles. The van der Waals surface area contributed by atoms with Gasteiger partial charge in [0.05, 0.1) is 11.3 Å². The van der Waals surface area contributed by atoms with Crippen molar-refractivity contribution in [2.24, 2.45) is 0 Å². The second-order valence-electron chi connectivity index (χ2n) is 2.08. The Morgan fingerprint density at radius 1 is 1.64 bits per heavy atom. The second kappa shape index (κ2) is 3.48. The van der Waals surface area contributed by atoms with E-state index in [1.54, 1.807) is 18.2 Å². The van der Waals surface area contributed by atoms with Crippen LogP contribution in [0.3, 0.4) is 0 Å². The van der Waals surface area contributed by atoms with Crippen molar-refractivity contribution < 1.29 is 4.92 Å². The maximum absolute atomic E-state index is 10.3. The number of nitrogens with zero attached hydrogens (tertiary/aromatic N) is 1. The van der Waals surface area contributed by atoms with E-state index < -0.39 is 0 Å². The zero-order chi connectivity index (χ0) is 8.27. The fourth-order valence-electron chi connectivity index (χ4n) is 0.742. The zero-order valence-corrected chi connectivity index (χ0v) is 7.24. The van der Waals surface area contributed by atoms with E-state index in [1.165, 1.54) is 6.08 Å². The van der Waals surface area contributed by atoms with Gasteiger partial charge in [-0.05, 0) is 6.08 Å². The van der Waals surface area contributed by atoms with Crippen LogP contribution in [0.5, 0.6) is 0 Å². The van der Waals surface area contributed by atoms with Gasteiger partial charge < -0.3 is 0 Å². The van der Waals surface area contributed by atoms with Gasteiger partial charge in [0.25, 0.3) is 5.70 Å². The highest BCUT2D eigenvalue weighted by Gasteiger charge is 2.09. The molecule has 0 saturated carbocycles. The summed E-state index contributed by atoms with van der Waals surface area (Å²) in [4.78, 5) is 9.94. The summed E-state index contributed by atoms with van der Waals surface area (Å²) in [6.07, 6.45) is 7.22. The Balaban J connectivity index is 2.90. The molecule has 0 N–H and O–H groups in total. The molecule has 0 radical (unpaired) electrons. The Morgan fingerprint density at radius 2 is 2.36 bits per heavy atom. The first-order chi connectivity index (χ1) is 5.20. The molecular formula is C7H6BrNO2. The molecule has 0 aliphatic heterocycles. The summed E-state index contributed by atoms with van der Waals surface area (Å²) in [7, 11) is 0. The van der Waals surface area contributed by atoms with E-state index in [0.29, 0.717) is 6.42 Å². The van der Waals surface area contributed by atoms with Crippen molar-refractivity contribution in [2.75, 3.05) is 0 Å². The molecule has 0 aromatic carbocycles. The van der Waals surface area contributed by atoms with Crippen molar-refractivity contribution in [1.29, 1.82) is 0 Å². The Bertz CT molecular complexity index is 266. The van der Waals surface area contributed by atoms with Crippen LogP contribution in [0.2, 0.25) is 0 Å². The fourth-order valence-corrected chi connectivity index (χ4v) is 1.16. The summed E-state index contributed by atoms with van der Waals surface area (Å²) in [6.45, 7) is 0. The number of halogens is 1. The first kappa shape index (κ1) is 8.20. The highest BCUT2D eigenvalue weighted by atomic mass is 79.9. The highest BCUT2D eigenvalue weighted by molar-refractivity contribution is 9.11. The standard InChI is InChI=1S/C7H6BrNO2/c8-6-3-1-2-4-7(5-6)9(10)11/h1-3,5H,4H2. The summed E-state index contributed by atoms with van der Waals surface area (Å²) in [5, 5.41) is 10.3. The summed E-state index contributed by atoms with van der Waals surface area (Å²) in [5.41, 5.74) is 0.210. The SMILES string of the molecule is O=[N+]([O-])C1=CC(Br)=CC=CC1. The third-order valence-electron chi connectivity index (χ3n) is 1.26. The van der Waals surface area contributed by atoms with Gasteiger partial charge in [0.1, 0.15) is 0 Å². The van der Waals surface area contributed by atoms with E-state index in [9.17, 15) is 10.1 Å². The molecule has 1 rings (SSSR count). The van der Waals surface area contributed by atoms with Gasteiger partial charge in [-0.25, -0.2) is 0 Å². The van der Waals surface area contributed by atoms with Crippen molar-refractivity contribution in [2.45, 2.75) is 6.42 Å². The molecule has 0 aromatic heterocycles. The lowest BCUT2D eigenvalue weighted by atomic mass is 10.3. The number of hydrogen-bond donors (Lipinski definition) is 0. The Labute approximate surface area is 72.4 Å². The van der Waals surface area contributed by atoms with E-state index in [-0.39, 0.29) is 10.6 Å². The maximum Gasteiger partial charge on any atom is 0.251 e. The Kier molecular flexibility index (Phi) is 2.59. The van der Waals surface area contributed by atoms with Crippen LogP contribution in [0.15, 0.2) is 34.5 Å². The molecule has 0 aromatic rings.